The Morgan fingerprint density at radius 1 is 1.24 bits per heavy atom. The van der Waals surface area contributed by atoms with Crippen molar-refractivity contribution in [1.82, 2.24) is 5.32 Å². The maximum Gasteiger partial charge on any atom is 0.258 e. The third kappa shape index (κ3) is 5.02. The van der Waals surface area contributed by atoms with E-state index >= 15 is 0 Å². The molecule has 6 heteroatoms. The molecule has 0 aromatic heterocycles. The van der Waals surface area contributed by atoms with Crippen LogP contribution in [-0.2, 0) is 11.3 Å². The van der Waals surface area contributed by atoms with Gasteiger partial charge in [-0.3, -0.25) is 4.79 Å². The second kappa shape index (κ2) is 7.43. The van der Waals surface area contributed by atoms with Crippen molar-refractivity contribution < 1.29 is 13.9 Å². The van der Waals surface area contributed by atoms with E-state index in [-0.39, 0.29) is 18.3 Å². The van der Waals surface area contributed by atoms with E-state index in [1.165, 1.54) is 12.1 Å². The highest BCUT2D eigenvalue weighted by Crippen LogP contribution is 2.21. The minimum atomic E-state index is -0.519. The van der Waals surface area contributed by atoms with Gasteiger partial charge in [0.2, 0.25) is 0 Å². The van der Waals surface area contributed by atoms with Crippen molar-refractivity contribution in [3.05, 3.63) is 63.3 Å². The maximum atomic E-state index is 13.5. The van der Waals surface area contributed by atoms with Gasteiger partial charge in [0.05, 0.1) is 0 Å². The molecule has 0 aliphatic heterocycles. The lowest BCUT2D eigenvalue weighted by molar-refractivity contribution is -0.123. The van der Waals surface area contributed by atoms with Crippen LogP contribution in [0.3, 0.4) is 0 Å². The monoisotopic (exact) mass is 371 g/mol. The molecule has 0 saturated heterocycles. The molecule has 0 bridgehead atoms. The van der Waals surface area contributed by atoms with Crippen LogP contribution in [0, 0.1) is 5.82 Å². The minimum Gasteiger partial charge on any atom is -0.481 e. The summed E-state index contributed by atoms with van der Waals surface area (Å²) in [5, 5.41) is 3.32. The molecule has 0 aliphatic carbocycles. The van der Waals surface area contributed by atoms with Crippen LogP contribution in [0.5, 0.6) is 5.75 Å². The quantitative estimate of drug-likeness (QED) is 0.863. The zero-order valence-electron chi connectivity index (χ0n) is 10.9. The number of amides is 1. The summed E-state index contributed by atoms with van der Waals surface area (Å²) in [6.07, 6.45) is 0. The van der Waals surface area contributed by atoms with Gasteiger partial charge in [0.15, 0.2) is 18.2 Å². The van der Waals surface area contributed by atoms with Crippen molar-refractivity contribution in [2.24, 2.45) is 0 Å². The van der Waals surface area contributed by atoms with Gasteiger partial charge in [0.1, 0.15) is 0 Å². The van der Waals surface area contributed by atoms with E-state index in [2.05, 4.69) is 21.2 Å². The van der Waals surface area contributed by atoms with Crippen molar-refractivity contribution >= 4 is 33.4 Å². The van der Waals surface area contributed by atoms with Crippen LogP contribution < -0.4 is 10.1 Å². The number of hydrogen-bond acceptors (Lipinski definition) is 2. The summed E-state index contributed by atoms with van der Waals surface area (Å²) in [7, 11) is 0. The zero-order chi connectivity index (χ0) is 15.2. The Labute approximate surface area is 135 Å². The van der Waals surface area contributed by atoms with Gasteiger partial charge in [-0.25, -0.2) is 4.39 Å². The molecule has 21 heavy (non-hydrogen) atoms. The van der Waals surface area contributed by atoms with E-state index in [4.69, 9.17) is 16.3 Å². The number of halogens is 3. The predicted octanol–water partition coefficient (Wildman–Crippen LogP) is 3.94. The van der Waals surface area contributed by atoms with Crippen molar-refractivity contribution in [3.63, 3.8) is 0 Å². The largest absolute Gasteiger partial charge is 0.481 e. The number of ether oxygens (including phenoxy) is 1. The first-order chi connectivity index (χ1) is 10.0. The van der Waals surface area contributed by atoms with E-state index < -0.39 is 5.82 Å². The van der Waals surface area contributed by atoms with E-state index in [1.807, 2.05) is 12.1 Å². The lowest BCUT2D eigenvalue weighted by atomic mass is 10.2. The van der Waals surface area contributed by atoms with Gasteiger partial charge in [-0.15, -0.1) is 0 Å². The molecule has 0 saturated carbocycles. The van der Waals surface area contributed by atoms with Gasteiger partial charge >= 0.3 is 0 Å². The molecule has 1 N–H and O–H groups in total. The molecule has 0 unspecified atom stereocenters. The number of carbonyl (C=O) groups is 1. The van der Waals surface area contributed by atoms with Crippen LogP contribution in [0.1, 0.15) is 5.56 Å². The first kappa shape index (κ1) is 15.8. The summed E-state index contributed by atoms with van der Waals surface area (Å²) in [5.74, 6) is -0.804. The first-order valence-corrected chi connectivity index (χ1v) is 7.30. The average molecular weight is 373 g/mol. The van der Waals surface area contributed by atoms with Gasteiger partial charge < -0.3 is 10.1 Å². The molecule has 1 amide bonds. The minimum absolute atomic E-state index is 0.0415. The summed E-state index contributed by atoms with van der Waals surface area (Å²) >= 11 is 8.92. The molecule has 0 aliphatic rings. The second-order valence-corrected chi connectivity index (χ2v) is 5.62. The average Bonchev–Trinajstić information content (AvgIpc) is 2.46. The second-order valence-electron chi connectivity index (χ2n) is 4.27. The van der Waals surface area contributed by atoms with E-state index in [9.17, 15) is 9.18 Å². The molecular weight excluding hydrogens is 361 g/mol. The van der Waals surface area contributed by atoms with Gasteiger partial charge in [-0.05, 0) is 35.9 Å². The molecular formula is C15H12BrClFNO2. The summed E-state index contributed by atoms with van der Waals surface area (Å²) < 4.78 is 19.2. The Balaban J connectivity index is 1.80. The Bertz CT molecular complexity index is 634. The van der Waals surface area contributed by atoms with Crippen LogP contribution in [0.25, 0.3) is 0 Å². The maximum absolute atomic E-state index is 13.5. The molecule has 0 fully saturated rings. The Hall–Kier alpha value is -1.59. The predicted molar refractivity (Wildman–Crippen MR) is 82.9 cm³/mol. The lowest BCUT2D eigenvalue weighted by Crippen LogP contribution is -2.28. The number of benzene rings is 2. The number of nitrogens with one attached hydrogen (secondary N) is 1. The number of carbonyl (C=O) groups excluding carboxylic acids is 1. The fraction of sp³-hybridized carbons (Fsp3) is 0.133. The Morgan fingerprint density at radius 3 is 2.62 bits per heavy atom. The molecule has 0 heterocycles. The van der Waals surface area contributed by atoms with Crippen LogP contribution >= 0.6 is 27.5 Å². The fourth-order valence-electron chi connectivity index (χ4n) is 1.59. The molecule has 0 spiro atoms. The highest BCUT2D eigenvalue weighted by atomic mass is 79.9. The van der Waals surface area contributed by atoms with E-state index in [0.717, 1.165) is 5.56 Å². The molecule has 2 rings (SSSR count). The fourth-order valence-corrected chi connectivity index (χ4v) is 2.05. The zero-order valence-corrected chi connectivity index (χ0v) is 13.2. The molecule has 2 aromatic rings. The van der Waals surface area contributed by atoms with Gasteiger partial charge in [-0.1, -0.05) is 39.7 Å². The lowest BCUT2D eigenvalue weighted by Gasteiger charge is -2.08. The van der Waals surface area contributed by atoms with Crippen LogP contribution in [0.2, 0.25) is 5.02 Å². The molecule has 0 radical (unpaired) electrons. The topological polar surface area (TPSA) is 38.3 Å². The van der Waals surface area contributed by atoms with E-state index in [1.54, 1.807) is 18.2 Å². The smallest absolute Gasteiger partial charge is 0.258 e. The standard InChI is InChI=1S/C15H12BrClFNO2/c16-11-3-6-14(13(18)7-11)21-9-15(20)19-8-10-1-4-12(17)5-2-10/h1-7H,8-9H2,(H,19,20). The van der Waals surface area contributed by atoms with Crippen LogP contribution in [-0.4, -0.2) is 12.5 Å². The van der Waals surface area contributed by atoms with Crippen LogP contribution in [0.4, 0.5) is 4.39 Å². The van der Waals surface area contributed by atoms with Crippen molar-refractivity contribution in [3.8, 4) is 5.75 Å². The summed E-state index contributed by atoms with van der Waals surface area (Å²) in [6.45, 7) is 0.119. The Kier molecular flexibility index (Phi) is 5.59. The summed E-state index contributed by atoms with van der Waals surface area (Å²) in [6, 6.07) is 11.5. The Morgan fingerprint density at radius 2 is 1.95 bits per heavy atom. The molecule has 0 atom stereocenters. The van der Waals surface area contributed by atoms with Crippen molar-refractivity contribution in [2.45, 2.75) is 6.54 Å². The first-order valence-electron chi connectivity index (χ1n) is 6.13. The van der Waals surface area contributed by atoms with Gasteiger partial charge in [0.25, 0.3) is 5.91 Å². The van der Waals surface area contributed by atoms with Gasteiger partial charge in [0, 0.05) is 16.0 Å². The third-order valence-electron chi connectivity index (χ3n) is 2.66. The third-order valence-corrected chi connectivity index (χ3v) is 3.40. The molecule has 110 valence electrons. The highest BCUT2D eigenvalue weighted by Gasteiger charge is 2.07. The number of rotatable bonds is 5. The van der Waals surface area contributed by atoms with Crippen molar-refractivity contribution in [1.29, 1.82) is 0 Å². The molecule has 3 nitrogen and oxygen atoms in total. The number of hydrogen-bond donors (Lipinski definition) is 1. The molecule has 2 aromatic carbocycles. The SMILES string of the molecule is O=C(COc1ccc(Br)cc1F)NCc1ccc(Cl)cc1. The van der Waals surface area contributed by atoms with Crippen molar-refractivity contribution in [2.75, 3.05) is 6.61 Å². The highest BCUT2D eigenvalue weighted by molar-refractivity contribution is 9.10. The van der Waals surface area contributed by atoms with E-state index in [0.29, 0.717) is 16.0 Å². The van der Waals surface area contributed by atoms with Crippen LogP contribution in [0.15, 0.2) is 46.9 Å². The normalized spacial score (nSPS) is 10.2. The van der Waals surface area contributed by atoms with Gasteiger partial charge in [-0.2, -0.15) is 0 Å². The summed E-state index contributed by atoms with van der Waals surface area (Å²) in [5.41, 5.74) is 0.919. The summed E-state index contributed by atoms with van der Waals surface area (Å²) in [4.78, 5) is 11.6.